The maximum atomic E-state index is 14.0. The maximum Gasteiger partial charge on any atom is 0.306 e. The average Bonchev–Trinajstić information content (AvgIpc) is 3.50. The number of nitrogens with one attached hydrogen (secondary N) is 1. The van der Waals surface area contributed by atoms with Gasteiger partial charge in [0.25, 0.3) is 0 Å². The van der Waals surface area contributed by atoms with Crippen LogP contribution in [0.2, 0.25) is 0 Å². The largest absolute Gasteiger partial charge is 0.508 e. The number of carbonyl (C=O) groups is 2. The number of carbonyl (C=O) groups excluding carboxylic acids is 1. The van der Waals surface area contributed by atoms with E-state index in [1.54, 1.807) is 13.0 Å². The number of hydrogen-bond acceptors (Lipinski definition) is 9. The van der Waals surface area contributed by atoms with E-state index in [0.717, 1.165) is 6.42 Å². The van der Waals surface area contributed by atoms with Gasteiger partial charge in [0, 0.05) is 17.2 Å². The summed E-state index contributed by atoms with van der Waals surface area (Å²) in [5, 5.41) is 45.5. The van der Waals surface area contributed by atoms with Crippen LogP contribution in [-0.4, -0.2) is 80.9 Å². The summed E-state index contributed by atoms with van der Waals surface area (Å²) in [6.45, 7) is 3.50. The Bertz CT molecular complexity index is 1010. The van der Waals surface area contributed by atoms with E-state index in [1.807, 2.05) is 14.0 Å². The minimum atomic E-state index is -1.85. The summed E-state index contributed by atoms with van der Waals surface area (Å²) >= 11 is 0. The summed E-state index contributed by atoms with van der Waals surface area (Å²) in [5.41, 5.74) is -2.87. The topological polar surface area (TPSA) is 158 Å². The van der Waals surface area contributed by atoms with Crippen molar-refractivity contribution in [2.75, 3.05) is 7.05 Å². The number of aromatic hydroxyl groups is 1. The molecular formula is C23H29NO9. The first kappa shape index (κ1) is 22.7. The molecule has 4 aliphatic rings. The molecular weight excluding hydrogens is 434 g/mol. The van der Waals surface area contributed by atoms with Gasteiger partial charge in [-0.2, -0.15) is 0 Å². The Morgan fingerprint density at radius 1 is 1.21 bits per heavy atom. The van der Waals surface area contributed by atoms with E-state index in [2.05, 4.69) is 5.32 Å². The molecule has 0 spiro atoms. The molecule has 10 nitrogen and oxygen atoms in total. The van der Waals surface area contributed by atoms with E-state index in [-0.39, 0.29) is 29.0 Å². The third-order valence-corrected chi connectivity index (χ3v) is 7.90. The number of epoxide rings is 1. The molecule has 33 heavy (non-hydrogen) atoms. The number of ketones is 1. The van der Waals surface area contributed by atoms with E-state index in [4.69, 9.17) is 14.2 Å². The van der Waals surface area contributed by atoms with Crippen molar-refractivity contribution in [2.45, 2.75) is 87.0 Å². The molecule has 10 heteroatoms. The summed E-state index contributed by atoms with van der Waals surface area (Å²) in [6.07, 6.45) is -4.86. The number of aliphatic hydroxyl groups excluding tert-OH is 2. The molecule has 0 radical (unpaired) electrons. The smallest absolute Gasteiger partial charge is 0.306 e. The Kier molecular flexibility index (Phi) is 5.13. The number of phenolic OH excluding ortho intramolecular Hbond substituents is 1. The molecule has 1 aromatic rings. The maximum absolute atomic E-state index is 14.0. The quantitative estimate of drug-likeness (QED) is 0.400. The molecule has 3 heterocycles. The second-order valence-electron chi connectivity index (χ2n) is 9.49. The third-order valence-electron chi connectivity index (χ3n) is 7.90. The van der Waals surface area contributed by atoms with Crippen molar-refractivity contribution in [2.24, 2.45) is 0 Å². The number of aliphatic carboxylic acids is 1. The number of rotatable bonds is 4. The molecule has 9 atom stereocenters. The zero-order valence-electron chi connectivity index (χ0n) is 18.6. The molecule has 1 aromatic carbocycles. The van der Waals surface area contributed by atoms with Crippen LogP contribution in [0.4, 0.5) is 0 Å². The van der Waals surface area contributed by atoms with Gasteiger partial charge in [-0.25, -0.2) is 0 Å². The second kappa shape index (κ2) is 7.46. The van der Waals surface area contributed by atoms with Gasteiger partial charge in [0.05, 0.1) is 30.8 Å². The van der Waals surface area contributed by atoms with Gasteiger partial charge in [0.1, 0.15) is 18.0 Å². The molecule has 0 bridgehead atoms. The summed E-state index contributed by atoms with van der Waals surface area (Å²) in [6, 6.07) is 3.18. The molecule has 3 fully saturated rings. The summed E-state index contributed by atoms with van der Waals surface area (Å²) in [5.74, 6) is -2.06. The summed E-state index contributed by atoms with van der Waals surface area (Å²) in [4.78, 5) is 25.3. The normalized spacial score (nSPS) is 43.9. The molecule has 3 aliphatic heterocycles. The lowest BCUT2D eigenvalue weighted by molar-refractivity contribution is -0.162. The first-order valence-electron chi connectivity index (χ1n) is 11.3. The van der Waals surface area contributed by atoms with E-state index in [0.29, 0.717) is 12.0 Å². The lowest BCUT2D eigenvalue weighted by Gasteiger charge is -2.44. The highest BCUT2D eigenvalue weighted by Crippen LogP contribution is 2.68. The fourth-order valence-electron chi connectivity index (χ4n) is 6.21. The number of phenols is 1. The molecule has 3 saturated heterocycles. The highest BCUT2D eigenvalue weighted by atomic mass is 16.7. The Hall–Kier alpha value is -2.08. The molecule has 0 saturated carbocycles. The SMILES string of the molecule is CN[C@H]1CC[C@H](c2ccc(O)c3c2C(=O)C24OC2([C@@H](C)O[C@H](CC(=O)O)[C@@H]4O)[C@H]3O)O[C@@H]1C. The van der Waals surface area contributed by atoms with E-state index >= 15 is 0 Å². The van der Waals surface area contributed by atoms with Crippen molar-refractivity contribution in [3.63, 3.8) is 0 Å². The van der Waals surface area contributed by atoms with Crippen molar-refractivity contribution in [3.05, 3.63) is 28.8 Å². The van der Waals surface area contributed by atoms with Crippen LogP contribution in [0.1, 0.15) is 66.8 Å². The van der Waals surface area contributed by atoms with Gasteiger partial charge in [0.15, 0.2) is 11.2 Å². The molecule has 2 unspecified atom stereocenters. The van der Waals surface area contributed by atoms with Gasteiger partial charge in [-0.1, -0.05) is 6.07 Å². The minimum absolute atomic E-state index is 0.0250. The number of aliphatic hydroxyl groups is 2. The first-order chi connectivity index (χ1) is 15.6. The minimum Gasteiger partial charge on any atom is -0.508 e. The molecule has 5 N–H and O–H groups in total. The van der Waals surface area contributed by atoms with Gasteiger partial charge >= 0.3 is 5.97 Å². The molecule has 1 aliphatic carbocycles. The highest BCUT2D eigenvalue weighted by molar-refractivity contribution is 6.11. The van der Waals surface area contributed by atoms with Crippen LogP contribution in [0.5, 0.6) is 5.75 Å². The van der Waals surface area contributed by atoms with Crippen LogP contribution >= 0.6 is 0 Å². The zero-order chi connectivity index (χ0) is 23.9. The lowest BCUT2D eigenvalue weighted by atomic mass is 9.64. The molecule has 180 valence electrons. The van der Waals surface area contributed by atoms with Gasteiger partial charge in [-0.05, 0) is 45.4 Å². The highest BCUT2D eigenvalue weighted by Gasteiger charge is 2.88. The van der Waals surface area contributed by atoms with Crippen LogP contribution < -0.4 is 5.32 Å². The third kappa shape index (κ3) is 2.82. The Balaban J connectivity index is 1.61. The van der Waals surface area contributed by atoms with Gasteiger partial charge in [-0.15, -0.1) is 0 Å². The van der Waals surface area contributed by atoms with Crippen molar-refractivity contribution >= 4 is 11.8 Å². The molecule has 5 rings (SSSR count). The predicted octanol–water partition coefficient (Wildman–Crippen LogP) is 0.581. The first-order valence-corrected chi connectivity index (χ1v) is 11.3. The Labute approximate surface area is 190 Å². The van der Waals surface area contributed by atoms with Crippen molar-refractivity contribution < 1.29 is 44.2 Å². The number of fused-ring (bicyclic) bond motifs is 1. The number of benzene rings is 1. The summed E-state index contributed by atoms with van der Waals surface area (Å²) < 4.78 is 17.8. The average molecular weight is 463 g/mol. The van der Waals surface area contributed by atoms with Crippen LogP contribution in [0.15, 0.2) is 12.1 Å². The number of ether oxygens (including phenoxy) is 3. The Morgan fingerprint density at radius 3 is 2.58 bits per heavy atom. The Morgan fingerprint density at radius 2 is 1.94 bits per heavy atom. The van der Waals surface area contributed by atoms with Crippen molar-refractivity contribution in [1.29, 1.82) is 0 Å². The standard InChI is InChI=1S/C23H29NO9/c1-9-12(24-3)5-7-14(31-9)11-4-6-13(25)18-17(11)20(29)23-19(28)15(8-16(26)27)32-10(2)22(23,33-23)21(18)30/h4,6,9-10,12,14-15,19,21,24-25,28,30H,5,7-8H2,1-3H3,(H,26,27)/t9-,10-,12+,14-,15-,19+,21+,22?,23?/m1/s1. The number of carboxylic acid groups (broad SMARTS) is 1. The number of likely N-dealkylation sites (N-methyl/N-ethyl adjacent to an activating group) is 1. The van der Waals surface area contributed by atoms with Crippen molar-refractivity contribution in [3.8, 4) is 5.75 Å². The zero-order valence-corrected chi connectivity index (χ0v) is 18.6. The summed E-state index contributed by atoms with van der Waals surface area (Å²) in [7, 11) is 1.86. The lowest BCUT2D eigenvalue weighted by Crippen LogP contribution is -2.63. The van der Waals surface area contributed by atoms with Crippen LogP contribution in [-0.2, 0) is 19.0 Å². The number of Topliss-reactive ketones (excluding diaryl/α,β-unsaturated/α-hetero) is 1. The van der Waals surface area contributed by atoms with Gasteiger partial charge in [-0.3, -0.25) is 9.59 Å². The van der Waals surface area contributed by atoms with E-state index in [1.165, 1.54) is 6.07 Å². The molecule has 0 amide bonds. The van der Waals surface area contributed by atoms with Gasteiger partial charge in [0.2, 0.25) is 5.78 Å². The van der Waals surface area contributed by atoms with Gasteiger partial charge < -0.3 is 40.0 Å². The van der Waals surface area contributed by atoms with Crippen LogP contribution in [0.3, 0.4) is 0 Å². The molecule has 0 aromatic heterocycles. The van der Waals surface area contributed by atoms with Crippen LogP contribution in [0.25, 0.3) is 0 Å². The predicted molar refractivity (Wildman–Crippen MR) is 112 cm³/mol. The van der Waals surface area contributed by atoms with Crippen molar-refractivity contribution in [1.82, 2.24) is 5.32 Å². The second-order valence-corrected chi connectivity index (χ2v) is 9.49. The number of hydrogen-bond donors (Lipinski definition) is 5. The van der Waals surface area contributed by atoms with E-state index in [9.17, 15) is 30.0 Å². The number of carboxylic acids is 1. The fourth-order valence-corrected chi connectivity index (χ4v) is 6.21. The van der Waals surface area contributed by atoms with Crippen LogP contribution in [0, 0.1) is 0 Å². The van der Waals surface area contributed by atoms with E-state index < -0.39 is 59.9 Å². The fraction of sp³-hybridized carbons (Fsp3) is 0.652. The monoisotopic (exact) mass is 463 g/mol.